The molecule has 2 aromatic carbocycles. The van der Waals surface area contributed by atoms with E-state index in [4.69, 9.17) is 57.1 Å². The minimum atomic E-state index is -5.75. The van der Waals surface area contributed by atoms with Gasteiger partial charge in [0.25, 0.3) is 0 Å². The van der Waals surface area contributed by atoms with Crippen LogP contribution in [0.25, 0.3) is 0 Å². The number of rotatable bonds is 48. The first-order valence-corrected chi connectivity index (χ1v) is 42.1. The lowest BCUT2D eigenvalue weighted by molar-refractivity contribution is -0.430. The molecule has 0 bridgehead atoms. The molecule has 0 spiro atoms. The number of carbonyl (C=O) groups is 4. The van der Waals surface area contributed by atoms with Gasteiger partial charge in [0.2, 0.25) is 24.4 Å². The van der Waals surface area contributed by atoms with Gasteiger partial charge in [0.1, 0.15) is 123 Å². The van der Waals surface area contributed by atoms with Crippen molar-refractivity contribution in [2.75, 3.05) is 60.8 Å². The third kappa shape index (κ3) is 32.7. The summed E-state index contributed by atoms with van der Waals surface area (Å²) in [5, 5.41) is 181. The Morgan fingerprint density at radius 2 is 0.731 bits per heavy atom. The highest BCUT2D eigenvalue weighted by atomic mass is 32.3. The van der Waals surface area contributed by atoms with Gasteiger partial charge in [-0.1, -0.05) is 18.6 Å². The van der Waals surface area contributed by atoms with Gasteiger partial charge in [-0.05, 0) is 49.2 Å². The Hall–Kier alpha value is -5.82. The van der Waals surface area contributed by atoms with E-state index in [0.717, 1.165) is 0 Å². The maximum Gasteiger partial charge on any atom is 0.397 e. The van der Waals surface area contributed by atoms with E-state index < -0.39 is 297 Å². The standard InChI is InChI=1S/C55H86N6O52S6/c62-24(34(68)36(70)26(64)16-100-110-54-46(112-118(94,95)96)42(76)44(48(108-54)50(78)79)106-52-32(60-114(82,83)84)40(74)38(72)28(104-52)18-102-116(88,89)90)14-56-20-6-4-8-22(12-20)58-30(66)10-2-1-3-11-31(67)59-23-9-5-7-21(13-23)57-15-25(63)35(69)37(71)27(65)17-101-111-55-47(113-119(97,98)99)43(77)45(49(109-55)51(80)81)107-53-33(61-115(85,86)87)41(75)39(73)29(105-53)19-103-117(91,92)93/h4-9,12-13,24-29,32-49,52-57,60-65,68-77H,1-3,10-11,14-19H2,(H,58,66)(H,59,67)(H,78,79)(H,80,81)(H,82,83,84)(H,85,86,87)(H,88,89,90)(H,91,92,93)(H,94,95,96)(H,97,98,99)/t24-,25+,26+,27-,28-,29-,32+,33+,34+,35-,36+,37-,38-,39-,40+,41+,42-,43+,44+,45+,46+,47-,48-,49-,52-,53-,54+,55+/m0/s1. The molecule has 58 nitrogen and oxygen atoms in total. The summed E-state index contributed by atoms with van der Waals surface area (Å²) >= 11 is 0. The van der Waals surface area contributed by atoms with Crippen LogP contribution in [0.1, 0.15) is 32.1 Å². The molecule has 6 rings (SSSR count). The third-order valence-electron chi connectivity index (χ3n) is 17.0. The summed E-state index contributed by atoms with van der Waals surface area (Å²) < 4.78 is 246. The second-order valence-electron chi connectivity index (χ2n) is 26.0. The summed E-state index contributed by atoms with van der Waals surface area (Å²) in [5.41, 5.74) is 0.880. The van der Waals surface area contributed by atoms with Crippen molar-refractivity contribution >= 4 is 109 Å². The van der Waals surface area contributed by atoms with E-state index >= 15 is 0 Å². The zero-order valence-corrected chi connectivity index (χ0v) is 65.0. The smallest absolute Gasteiger partial charge is 0.397 e. The number of anilines is 4. The number of carboxylic acids is 2. The number of aliphatic hydroxyl groups excluding tert-OH is 14. The number of aliphatic carboxylic acids is 2. The van der Waals surface area contributed by atoms with Crippen LogP contribution in [-0.4, -0.2) is 394 Å². The first-order valence-electron chi connectivity index (χ1n) is 33.8. The van der Waals surface area contributed by atoms with Crippen LogP contribution in [-0.2, 0) is 146 Å². The number of unbranched alkanes of at least 4 members (excludes halogenated alkanes) is 2. The fourth-order valence-corrected chi connectivity index (χ4v) is 14.1. The number of carboxylic acid groups (broad SMARTS) is 2. The second kappa shape index (κ2) is 44.2. The van der Waals surface area contributed by atoms with Gasteiger partial charge in [-0.2, -0.15) is 60.0 Å². The maximum atomic E-state index is 12.9. The van der Waals surface area contributed by atoms with Crippen LogP contribution in [0.3, 0.4) is 0 Å². The highest BCUT2D eigenvalue weighted by Crippen LogP contribution is 2.36. The Kier molecular flexibility index (Phi) is 37.9. The van der Waals surface area contributed by atoms with Gasteiger partial charge in [-0.3, -0.25) is 36.9 Å². The monoisotopic (exact) mass is 1850 g/mol. The Morgan fingerprint density at radius 1 is 0.403 bits per heavy atom. The van der Waals surface area contributed by atoms with Crippen molar-refractivity contribution in [1.82, 2.24) is 9.44 Å². The summed E-state index contributed by atoms with van der Waals surface area (Å²) in [4.78, 5) is 69.7. The van der Waals surface area contributed by atoms with E-state index in [9.17, 15) is 170 Å². The number of aliphatic hydroxyl groups is 14. The molecule has 4 aliphatic heterocycles. The van der Waals surface area contributed by atoms with Crippen LogP contribution < -0.4 is 30.7 Å². The Morgan fingerprint density at radius 3 is 1.04 bits per heavy atom. The summed E-state index contributed by atoms with van der Waals surface area (Å²) in [6, 6.07) is 6.72. The van der Waals surface area contributed by atoms with Crippen LogP contribution in [0.4, 0.5) is 22.7 Å². The second-order valence-corrected chi connectivity index (χ2v) is 32.6. The van der Waals surface area contributed by atoms with Gasteiger partial charge >= 0.3 is 74.1 Å². The molecular formula is C55H86N6O52S6. The molecule has 28 atom stereocenters. The van der Waals surface area contributed by atoms with Crippen molar-refractivity contribution < 1.29 is 243 Å². The van der Waals surface area contributed by atoms with E-state index in [1.54, 1.807) is 0 Å². The average molecular weight is 1860 g/mol. The normalized spacial score (nSPS) is 30.2. The van der Waals surface area contributed by atoms with Gasteiger partial charge < -0.3 is 131 Å². The quantitative estimate of drug-likeness (QED) is 0.0127. The molecular weight excluding hydrogens is 1770 g/mol. The van der Waals surface area contributed by atoms with Crippen LogP contribution in [0.5, 0.6) is 0 Å². The minimum Gasteiger partial charge on any atom is -0.479 e. The zero-order chi connectivity index (χ0) is 89.4. The highest BCUT2D eigenvalue weighted by molar-refractivity contribution is 7.84. The zero-order valence-electron chi connectivity index (χ0n) is 60.1. The van der Waals surface area contributed by atoms with Crippen LogP contribution in [0.15, 0.2) is 48.5 Å². The van der Waals surface area contributed by atoms with Gasteiger partial charge in [0, 0.05) is 48.7 Å². The first kappa shape index (κ1) is 102. The molecule has 0 saturated carbocycles. The molecule has 684 valence electrons. The molecule has 2 amide bonds. The summed E-state index contributed by atoms with van der Waals surface area (Å²) in [5.74, 6) is -5.26. The SMILES string of the molecule is O=C(CCCCCC(=O)Nc1cccc(NC[C@H](O)[C@@H](O)[C@H](O)[C@H](O)COO[C@H]2O[C@H](C(=O)O)[C@H](O[C@@H]3O[C@@H](COS(=O)(=O)O)[C@H](O)[C@H](O)[C@H]3NS(=O)(=O)O)[C@H](O)[C@H]2OS(=O)(=O)O)c1)Nc1cccc(NC[C@@H](O)[C@H](O)[C@@H](O)[C@@H](O)COO[C@H]2O[C@H](C(=O)O)[C@H](O[C@@H]3O[C@@H](COS(=O)(=O)O)[C@H](O)[C@H](O)[C@H]3NS(=O)(=O)O)[C@@H](O)[C@@H]2OS(=O)(=O)O)c1. The molecule has 4 aliphatic rings. The van der Waals surface area contributed by atoms with Crippen molar-refractivity contribution in [2.45, 2.75) is 204 Å². The van der Waals surface area contributed by atoms with Gasteiger partial charge in [-0.15, -0.1) is 0 Å². The van der Waals surface area contributed by atoms with E-state index in [1.165, 1.54) is 58.0 Å². The van der Waals surface area contributed by atoms with Crippen LogP contribution in [0, 0.1) is 0 Å². The molecule has 4 saturated heterocycles. The molecule has 4 heterocycles. The van der Waals surface area contributed by atoms with Gasteiger partial charge in [-0.25, -0.2) is 45.9 Å². The summed E-state index contributed by atoms with van der Waals surface area (Å²) in [6.07, 6.45) is -62.8. The van der Waals surface area contributed by atoms with E-state index in [1.807, 2.05) is 0 Å². The van der Waals surface area contributed by atoms with Gasteiger partial charge in [0.05, 0.1) is 25.4 Å². The van der Waals surface area contributed by atoms with Crippen molar-refractivity contribution in [2.24, 2.45) is 0 Å². The summed E-state index contributed by atoms with van der Waals surface area (Å²) in [6.45, 7) is -6.49. The number of amides is 2. The lowest BCUT2D eigenvalue weighted by Gasteiger charge is -2.46. The Balaban J connectivity index is 0.906. The molecule has 0 radical (unpaired) electrons. The number of hydrogen-bond acceptors (Lipinski definition) is 46. The van der Waals surface area contributed by atoms with Crippen molar-refractivity contribution in [1.29, 1.82) is 0 Å². The minimum absolute atomic E-state index is 0.0416. The molecule has 28 N–H and O–H groups in total. The molecule has 0 unspecified atom stereocenters. The molecule has 0 aliphatic carbocycles. The largest absolute Gasteiger partial charge is 0.479 e. The molecule has 0 aromatic heterocycles. The first-order chi connectivity index (χ1) is 55.0. The Bertz CT molecular complexity index is 4100. The van der Waals surface area contributed by atoms with Crippen molar-refractivity contribution in [3.8, 4) is 0 Å². The number of ether oxygens (including phenoxy) is 6. The fourth-order valence-electron chi connectivity index (χ4n) is 11.3. The van der Waals surface area contributed by atoms with Crippen LogP contribution >= 0.6 is 0 Å². The molecule has 119 heavy (non-hydrogen) atoms. The van der Waals surface area contributed by atoms with Gasteiger partial charge in [0.15, 0.2) is 37.0 Å². The third-order valence-corrected chi connectivity index (χ3v) is 20.0. The molecule has 64 heteroatoms. The maximum absolute atomic E-state index is 12.9. The van der Waals surface area contributed by atoms with Crippen molar-refractivity contribution in [3.05, 3.63) is 48.5 Å². The van der Waals surface area contributed by atoms with E-state index in [2.05, 4.69) is 38.0 Å². The lowest BCUT2D eigenvalue weighted by atomic mass is 9.96. The molecule has 4 fully saturated rings. The predicted octanol–water partition coefficient (Wildman–Crippen LogP) is -12.6. The number of hydrogen-bond donors (Lipinski definition) is 28. The Labute approximate surface area is 671 Å². The van der Waals surface area contributed by atoms with E-state index in [-0.39, 0.29) is 48.4 Å². The number of carbonyl (C=O) groups excluding carboxylic acids is 2. The summed E-state index contributed by atoms with van der Waals surface area (Å²) in [7, 11) is -33.0. The number of nitrogens with one attached hydrogen (secondary N) is 6. The fraction of sp³-hybridized carbons (Fsp3) is 0.709. The number of benzene rings is 2. The highest BCUT2D eigenvalue weighted by Gasteiger charge is 2.59. The van der Waals surface area contributed by atoms with Crippen molar-refractivity contribution in [3.63, 3.8) is 0 Å². The van der Waals surface area contributed by atoms with Crippen LogP contribution in [0.2, 0.25) is 0 Å². The van der Waals surface area contributed by atoms with E-state index in [0.29, 0.717) is 6.42 Å². The predicted molar refractivity (Wildman–Crippen MR) is 373 cm³/mol. The lowest BCUT2D eigenvalue weighted by Crippen LogP contribution is -2.68. The average Bonchev–Trinajstić information content (AvgIpc) is 0.771. The topological polar surface area (TPSA) is 920 Å². The molecule has 2 aromatic rings.